The van der Waals surface area contributed by atoms with Gasteiger partial charge in [-0.25, -0.2) is 0 Å². The van der Waals surface area contributed by atoms with Crippen LogP contribution in [-0.4, -0.2) is 17.0 Å². The van der Waals surface area contributed by atoms with E-state index in [0.29, 0.717) is 12.5 Å². The standard InChI is InChI=1S/C22H23NO3/c1-14(22(25)26)15-8-10-19(11-9-15)23-13-18-7-6-17(12-20(18)21(23)24)16-4-2-3-5-16/h6-12,14,16H,2-5,13H2,1H3,(H,25,26). The van der Waals surface area contributed by atoms with E-state index in [2.05, 4.69) is 18.2 Å². The van der Waals surface area contributed by atoms with E-state index in [4.69, 9.17) is 5.11 Å². The van der Waals surface area contributed by atoms with Crippen LogP contribution in [0.25, 0.3) is 0 Å². The summed E-state index contributed by atoms with van der Waals surface area (Å²) in [6.07, 6.45) is 5.01. The summed E-state index contributed by atoms with van der Waals surface area (Å²) >= 11 is 0. The zero-order chi connectivity index (χ0) is 18.3. The predicted octanol–water partition coefficient (Wildman–Crippen LogP) is 4.69. The van der Waals surface area contributed by atoms with Crippen LogP contribution in [0.3, 0.4) is 0 Å². The molecule has 0 bridgehead atoms. The lowest BCUT2D eigenvalue weighted by Gasteiger charge is -2.17. The molecule has 4 heteroatoms. The zero-order valence-corrected chi connectivity index (χ0v) is 14.9. The highest BCUT2D eigenvalue weighted by atomic mass is 16.4. The molecule has 134 valence electrons. The summed E-state index contributed by atoms with van der Waals surface area (Å²) in [5.74, 6) is -0.760. The van der Waals surface area contributed by atoms with Gasteiger partial charge >= 0.3 is 5.97 Å². The fourth-order valence-corrected chi connectivity index (χ4v) is 4.13. The molecular formula is C22H23NO3. The van der Waals surface area contributed by atoms with E-state index in [1.807, 2.05) is 12.1 Å². The highest BCUT2D eigenvalue weighted by molar-refractivity contribution is 6.10. The van der Waals surface area contributed by atoms with Crippen molar-refractivity contribution in [2.75, 3.05) is 4.90 Å². The molecule has 1 fully saturated rings. The van der Waals surface area contributed by atoms with Gasteiger partial charge in [0.25, 0.3) is 5.91 Å². The van der Waals surface area contributed by atoms with Gasteiger partial charge in [-0.2, -0.15) is 0 Å². The van der Waals surface area contributed by atoms with E-state index in [1.54, 1.807) is 24.0 Å². The van der Waals surface area contributed by atoms with Crippen molar-refractivity contribution in [1.29, 1.82) is 0 Å². The maximum atomic E-state index is 12.9. The number of amides is 1. The van der Waals surface area contributed by atoms with Gasteiger partial charge in [0, 0.05) is 11.3 Å². The van der Waals surface area contributed by atoms with Crippen molar-refractivity contribution in [2.45, 2.75) is 51.0 Å². The minimum Gasteiger partial charge on any atom is -0.481 e. The van der Waals surface area contributed by atoms with Gasteiger partial charge in [0.1, 0.15) is 0 Å². The van der Waals surface area contributed by atoms with E-state index in [1.165, 1.54) is 31.2 Å². The number of benzene rings is 2. The number of carboxylic acids is 1. The number of hydrogen-bond donors (Lipinski definition) is 1. The average molecular weight is 349 g/mol. The number of anilines is 1. The van der Waals surface area contributed by atoms with Gasteiger partial charge in [-0.3, -0.25) is 9.59 Å². The largest absolute Gasteiger partial charge is 0.481 e. The topological polar surface area (TPSA) is 57.6 Å². The Hall–Kier alpha value is -2.62. The molecule has 0 saturated heterocycles. The first kappa shape index (κ1) is 16.8. The van der Waals surface area contributed by atoms with Crippen molar-refractivity contribution in [3.63, 3.8) is 0 Å². The quantitative estimate of drug-likeness (QED) is 0.871. The number of rotatable bonds is 4. The molecule has 2 aliphatic rings. The Labute approximate surface area is 153 Å². The number of hydrogen-bond acceptors (Lipinski definition) is 2. The van der Waals surface area contributed by atoms with E-state index in [0.717, 1.165) is 22.4 Å². The summed E-state index contributed by atoms with van der Waals surface area (Å²) in [6.45, 7) is 2.24. The van der Waals surface area contributed by atoms with Crippen LogP contribution in [0.1, 0.15) is 71.5 Å². The molecule has 2 aromatic carbocycles. The van der Waals surface area contributed by atoms with E-state index >= 15 is 0 Å². The third-order valence-electron chi connectivity index (χ3n) is 5.84. The molecular weight excluding hydrogens is 326 g/mol. The molecule has 26 heavy (non-hydrogen) atoms. The molecule has 4 nitrogen and oxygen atoms in total. The lowest BCUT2D eigenvalue weighted by molar-refractivity contribution is -0.138. The molecule has 1 aliphatic carbocycles. The van der Waals surface area contributed by atoms with Gasteiger partial charge in [0.2, 0.25) is 0 Å². The lowest BCUT2D eigenvalue weighted by Crippen LogP contribution is -2.23. The van der Waals surface area contributed by atoms with Gasteiger partial charge < -0.3 is 10.0 Å². The first-order chi connectivity index (χ1) is 12.5. The van der Waals surface area contributed by atoms with Crippen molar-refractivity contribution in [3.05, 3.63) is 64.7 Å². The van der Waals surface area contributed by atoms with E-state index < -0.39 is 11.9 Å². The first-order valence-electron chi connectivity index (χ1n) is 9.32. The van der Waals surface area contributed by atoms with Gasteiger partial charge in [0.15, 0.2) is 0 Å². The summed E-state index contributed by atoms with van der Waals surface area (Å²) in [5.41, 5.74) is 4.74. The minimum absolute atomic E-state index is 0.0406. The third-order valence-corrected chi connectivity index (χ3v) is 5.84. The fraction of sp³-hybridized carbons (Fsp3) is 0.364. The summed E-state index contributed by atoms with van der Waals surface area (Å²) in [4.78, 5) is 25.8. The number of aliphatic carboxylic acids is 1. The molecule has 1 amide bonds. The Morgan fingerprint density at radius 1 is 1.12 bits per heavy atom. The van der Waals surface area contributed by atoms with Crippen LogP contribution >= 0.6 is 0 Å². The number of fused-ring (bicyclic) bond motifs is 1. The second kappa shape index (κ2) is 6.60. The molecule has 1 aliphatic heterocycles. The van der Waals surface area contributed by atoms with Crippen LogP contribution in [0.5, 0.6) is 0 Å². The lowest BCUT2D eigenvalue weighted by atomic mass is 9.94. The number of carboxylic acid groups (broad SMARTS) is 1. The zero-order valence-electron chi connectivity index (χ0n) is 14.9. The Morgan fingerprint density at radius 2 is 1.81 bits per heavy atom. The molecule has 1 heterocycles. The summed E-state index contributed by atoms with van der Waals surface area (Å²) in [7, 11) is 0. The Balaban J connectivity index is 1.57. The monoisotopic (exact) mass is 349 g/mol. The summed E-state index contributed by atoms with van der Waals surface area (Å²) in [5, 5.41) is 9.13. The van der Waals surface area contributed by atoms with Crippen LogP contribution in [0.2, 0.25) is 0 Å². The smallest absolute Gasteiger partial charge is 0.310 e. The Bertz CT molecular complexity index is 850. The van der Waals surface area contributed by atoms with Crippen LogP contribution in [0.4, 0.5) is 5.69 Å². The first-order valence-corrected chi connectivity index (χ1v) is 9.32. The second-order valence-electron chi connectivity index (χ2n) is 7.44. The molecule has 1 atom stereocenters. The van der Waals surface area contributed by atoms with Crippen molar-refractivity contribution in [2.24, 2.45) is 0 Å². The highest BCUT2D eigenvalue weighted by Crippen LogP contribution is 2.37. The fourth-order valence-electron chi connectivity index (χ4n) is 4.13. The SMILES string of the molecule is CC(C(=O)O)c1ccc(N2Cc3ccc(C4CCCC4)cc3C2=O)cc1. The van der Waals surface area contributed by atoms with E-state index in [9.17, 15) is 9.59 Å². The van der Waals surface area contributed by atoms with Crippen LogP contribution < -0.4 is 4.90 Å². The minimum atomic E-state index is -0.846. The maximum absolute atomic E-state index is 12.9. The van der Waals surface area contributed by atoms with Crippen molar-refractivity contribution in [1.82, 2.24) is 0 Å². The van der Waals surface area contributed by atoms with Crippen LogP contribution in [0, 0.1) is 0 Å². The molecule has 1 N–H and O–H groups in total. The molecule has 2 aromatic rings. The molecule has 1 saturated carbocycles. The second-order valence-corrected chi connectivity index (χ2v) is 7.44. The highest BCUT2D eigenvalue weighted by Gasteiger charge is 2.30. The Morgan fingerprint density at radius 3 is 2.46 bits per heavy atom. The predicted molar refractivity (Wildman–Crippen MR) is 101 cm³/mol. The van der Waals surface area contributed by atoms with Gasteiger partial charge in [-0.15, -0.1) is 0 Å². The molecule has 0 aromatic heterocycles. The van der Waals surface area contributed by atoms with Crippen LogP contribution in [0.15, 0.2) is 42.5 Å². The van der Waals surface area contributed by atoms with Crippen molar-refractivity contribution in [3.8, 4) is 0 Å². The maximum Gasteiger partial charge on any atom is 0.310 e. The molecule has 1 unspecified atom stereocenters. The van der Waals surface area contributed by atoms with E-state index in [-0.39, 0.29) is 5.91 Å². The van der Waals surface area contributed by atoms with Gasteiger partial charge in [0.05, 0.1) is 12.5 Å². The van der Waals surface area contributed by atoms with Crippen LogP contribution in [-0.2, 0) is 11.3 Å². The number of nitrogens with zero attached hydrogens (tertiary/aromatic N) is 1. The summed E-state index contributed by atoms with van der Waals surface area (Å²) < 4.78 is 0. The molecule has 0 spiro atoms. The third kappa shape index (κ3) is 2.90. The van der Waals surface area contributed by atoms with Crippen molar-refractivity contribution < 1.29 is 14.7 Å². The number of carbonyl (C=O) groups excluding carboxylic acids is 1. The van der Waals surface area contributed by atoms with Gasteiger partial charge in [-0.1, -0.05) is 37.1 Å². The summed E-state index contributed by atoms with van der Waals surface area (Å²) in [6, 6.07) is 13.7. The van der Waals surface area contributed by atoms with Gasteiger partial charge in [-0.05, 0) is 60.6 Å². The molecule has 4 rings (SSSR count). The number of carbonyl (C=O) groups is 2. The molecule has 0 radical (unpaired) electrons. The van der Waals surface area contributed by atoms with Crippen molar-refractivity contribution >= 4 is 17.6 Å². The Kier molecular flexibility index (Phi) is 4.27. The normalized spacial score (nSPS) is 18.2. The average Bonchev–Trinajstić information content (AvgIpc) is 3.29.